The van der Waals surface area contributed by atoms with Gasteiger partial charge in [0.25, 0.3) is 0 Å². The van der Waals surface area contributed by atoms with E-state index in [1.165, 1.54) is 6.07 Å². The van der Waals surface area contributed by atoms with Crippen LogP contribution in [0.5, 0.6) is 5.75 Å². The molecule has 0 heterocycles. The Morgan fingerprint density at radius 2 is 2.33 bits per heavy atom. The van der Waals surface area contributed by atoms with Gasteiger partial charge in [0.15, 0.2) is 5.75 Å². The zero-order valence-electron chi connectivity index (χ0n) is 8.27. The number of aryl methyl sites for hydroxylation is 1. The lowest BCUT2D eigenvalue weighted by Gasteiger charge is -2.04. The highest BCUT2D eigenvalue weighted by molar-refractivity contribution is 5.48. The molecule has 0 N–H and O–H groups in total. The number of hydrogen-bond donors (Lipinski definition) is 0. The highest BCUT2D eigenvalue weighted by Crippen LogP contribution is 2.27. The summed E-state index contributed by atoms with van der Waals surface area (Å²) in [6.45, 7) is 1.94. The molecular formula is C10H10N2O3. The number of nitro benzene ring substituents is 1. The van der Waals surface area contributed by atoms with Crippen LogP contribution in [0.2, 0.25) is 0 Å². The molecule has 78 valence electrons. The molecule has 0 atom stereocenters. The topological polar surface area (TPSA) is 76.2 Å². The summed E-state index contributed by atoms with van der Waals surface area (Å²) in [7, 11) is 0. The summed E-state index contributed by atoms with van der Waals surface area (Å²) in [5.74, 6) is 0.209. The average Bonchev–Trinajstić information content (AvgIpc) is 2.20. The standard InChI is InChI=1S/C10H10N2O3/c1-8-3-4-10(15-6-2-5-11)9(7-8)12(13)14/h3-4,7H,2,6H2,1H3. The smallest absolute Gasteiger partial charge is 0.311 e. The molecule has 1 rings (SSSR count). The van der Waals surface area contributed by atoms with Gasteiger partial charge in [0.05, 0.1) is 17.4 Å². The number of benzene rings is 1. The van der Waals surface area contributed by atoms with E-state index in [1.54, 1.807) is 19.1 Å². The van der Waals surface area contributed by atoms with Crippen LogP contribution in [0.3, 0.4) is 0 Å². The van der Waals surface area contributed by atoms with Gasteiger partial charge in [-0.25, -0.2) is 0 Å². The minimum absolute atomic E-state index is 0.0621. The van der Waals surface area contributed by atoms with Crippen molar-refractivity contribution in [3.8, 4) is 11.8 Å². The molecule has 15 heavy (non-hydrogen) atoms. The molecule has 0 radical (unpaired) electrons. The normalized spacial score (nSPS) is 9.33. The average molecular weight is 206 g/mol. The highest BCUT2D eigenvalue weighted by Gasteiger charge is 2.14. The third-order valence-electron chi connectivity index (χ3n) is 1.78. The maximum absolute atomic E-state index is 10.7. The molecule has 0 aliphatic rings. The summed E-state index contributed by atoms with van der Waals surface area (Å²) < 4.78 is 5.13. The maximum Gasteiger partial charge on any atom is 0.311 e. The van der Waals surface area contributed by atoms with E-state index >= 15 is 0 Å². The number of ether oxygens (including phenoxy) is 1. The first kappa shape index (κ1) is 11.0. The van der Waals surface area contributed by atoms with Crippen molar-refractivity contribution in [2.45, 2.75) is 13.3 Å². The first-order valence-electron chi connectivity index (χ1n) is 4.40. The highest BCUT2D eigenvalue weighted by atomic mass is 16.6. The molecule has 0 amide bonds. The van der Waals surface area contributed by atoms with Crippen molar-refractivity contribution in [3.63, 3.8) is 0 Å². The first-order chi connectivity index (χ1) is 7.15. The molecule has 0 aliphatic heterocycles. The van der Waals surface area contributed by atoms with Crippen LogP contribution < -0.4 is 4.74 Å². The summed E-state index contributed by atoms with van der Waals surface area (Å²) >= 11 is 0. The van der Waals surface area contributed by atoms with E-state index < -0.39 is 4.92 Å². The van der Waals surface area contributed by atoms with Crippen LogP contribution in [-0.4, -0.2) is 11.5 Å². The fraction of sp³-hybridized carbons (Fsp3) is 0.300. The van der Waals surface area contributed by atoms with Crippen molar-refractivity contribution in [3.05, 3.63) is 33.9 Å². The Balaban J connectivity index is 2.87. The lowest BCUT2D eigenvalue weighted by atomic mass is 10.2. The number of nitrogens with zero attached hydrogens (tertiary/aromatic N) is 2. The second-order valence-corrected chi connectivity index (χ2v) is 2.98. The molecule has 0 aromatic heterocycles. The molecule has 0 spiro atoms. The molecular weight excluding hydrogens is 196 g/mol. The lowest BCUT2D eigenvalue weighted by Crippen LogP contribution is -2.00. The second kappa shape index (κ2) is 4.96. The van der Waals surface area contributed by atoms with Crippen LogP contribution in [0.15, 0.2) is 18.2 Å². The van der Waals surface area contributed by atoms with Gasteiger partial charge in [-0.05, 0) is 18.6 Å². The summed E-state index contributed by atoms with van der Waals surface area (Å²) in [6.07, 6.45) is 0.213. The van der Waals surface area contributed by atoms with Crippen molar-refractivity contribution in [1.82, 2.24) is 0 Å². The number of nitro groups is 1. The van der Waals surface area contributed by atoms with Gasteiger partial charge in [0.2, 0.25) is 0 Å². The summed E-state index contributed by atoms with van der Waals surface area (Å²) in [5.41, 5.74) is 0.738. The molecule has 1 aromatic carbocycles. The molecule has 0 fully saturated rings. The number of nitriles is 1. The van der Waals surface area contributed by atoms with Gasteiger partial charge >= 0.3 is 5.69 Å². The maximum atomic E-state index is 10.7. The van der Waals surface area contributed by atoms with E-state index in [2.05, 4.69) is 0 Å². The zero-order chi connectivity index (χ0) is 11.3. The molecule has 5 nitrogen and oxygen atoms in total. The molecule has 0 saturated carbocycles. The van der Waals surface area contributed by atoms with Crippen molar-refractivity contribution < 1.29 is 9.66 Å². The molecule has 1 aromatic rings. The van der Waals surface area contributed by atoms with Gasteiger partial charge < -0.3 is 4.74 Å². The monoisotopic (exact) mass is 206 g/mol. The zero-order valence-corrected chi connectivity index (χ0v) is 8.27. The van der Waals surface area contributed by atoms with Crippen molar-refractivity contribution >= 4 is 5.69 Å². The van der Waals surface area contributed by atoms with Crippen LogP contribution in [0.4, 0.5) is 5.69 Å². The van der Waals surface area contributed by atoms with E-state index in [9.17, 15) is 10.1 Å². The third-order valence-corrected chi connectivity index (χ3v) is 1.78. The van der Waals surface area contributed by atoms with E-state index in [-0.39, 0.29) is 24.5 Å². The van der Waals surface area contributed by atoms with Gasteiger partial charge in [-0.2, -0.15) is 5.26 Å². The quantitative estimate of drug-likeness (QED) is 0.430. The van der Waals surface area contributed by atoms with Crippen molar-refractivity contribution in [2.75, 3.05) is 6.61 Å². The Morgan fingerprint density at radius 1 is 1.60 bits per heavy atom. The Morgan fingerprint density at radius 3 is 2.93 bits per heavy atom. The third kappa shape index (κ3) is 2.95. The summed E-state index contributed by atoms with van der Waals surface area (Å²) in [6, 6.07) is 6.63. The molecule has 5 heteroatoms. The van der Waals surface area contributed by atoms with Crippen molar-refractivity contribution in [2.24, 2.45) is 0 Å². The van der Waals surface area contributed by atoms with Gasteiger partial charge in [-0.15, -0.1) is 0 Å². The summed E-state index contributed by atoms with van der Waals surface area (Å²) in [4.78, 5) is 10.2. The predicted molar refractivity (Wildman–Crippen MR) is 53.6 cm³/mol. The minimum atomic E-state index is -0.491. The van der Waals surface area contributed by atoms with Crippen LogP contribution in [0, 0.1) is 28.4 Å². The Hall–Kier alpha value is -2.09. The Kier molecular flexibility index (Phi) is 3.63. The van der Waals surface area contributed by atoms with Gasteiger partial charge in [-0.3, -0.25) is 10.1 Å². The fourth-order valence-electron chi connectivity index (χ4n) is 1.10. The van der Waals surface area contributed by atoms with Gasteiger partial charge in [-0.1, -0.05) is 6.07 Å². The predicted octanol–water partition coefficient (Wildman–Crippen LogP) is 2.20. The van der Waals surface area contributed by atoms with Gasteiger partial charge in [0.1, 0.15) is 6.61 Å². The Bertz CT molecular complexity index is 410. The second-order valence-electron chi connectivity index (χ2n) is 2.98. The lowest BCUT2D eigenvalue weighted by molar-refractivity contribution is -0.385. The fourth-order valence-corrected chi connectivity index (χ4v) is 1.10. The molecule has 0 aliphatic carbocycles. The van der Waals surface area contributed by atoms with Crippen LogP contribution in [0.25, 0.3) is 0 Å². The minimum Gasteiger partial charge on any atom is -0.486 e. The SMILES string of the molecule is Cc1ccc(OCCC#N)c([N+](=O)[O-])c1. The first-order valence-corrected chi connectivity index (χ1v) is 4.40. The van der Waals surface area contributed by atoms with E-state index in [0.717, 1.165) is 5.56 Å². The Labute approximate surface area is 87.1 Å². The van der Waals surface area contributed by atoms with E-state index in [1.807, 2.05) is 6.07 Å². The van der Waals surface area contributed by atoms with E-state index in [0.29, 0.717) is 0 Å². The molecule has 0 saturated heterocycles. The van der Waals surface area contributed by atoms with E-state index in [4.69, 9.17) is 10.00 Å². The summed E-state index contributed by atoms with van der Waals surface area (Å²) in [5, 5.41) is 19.0. The molecule has 0 bridgehead atoms. The number of hydrogen-bond acceptors (Lipinski definition) is 4. The van der Waals surface area contributed by atoms with Gasteiger partial charge in [0, 0.05) is 6.07 Å². The van der Waals surface area contributed by atoms with Crippen molar-refractivity contribution in [1.29, 1.82) is 5.26 Å². The van der Waals surface area contributed by atoms with Crippen LogP contribution >= 0.6 is 0 Å². The van der Waals surface area contributed by atoms with Crippen LogP contribution in [0.1, 0.15) is 12.0 Å². The number of rotatable bonds is 4. The largest absolute Gasteiger partial charge is 0.486 e. The van der Waals surface area contributed by atoms with Crippen LogP contribution in [-0.2, 0) is 0 Å². The molecule has 0 unspecified atom stereocenters.